The van der Waals surface area contributed by atoms with Gasteiger partial charge in [0.1, 0.15) is 23.6 Å². The Balaban J connectivity index is 1.80. The minimum absolute atomic E-state index is 0.0870. The van der Waals surface area contributed by atoms with Crippen molar-refractivity contribution >= 4 is 11.7 Å². The van der Waals surface area contributed by atoms with E-state index in [2.05, 4.69) is 16.4 Å². The molecular formula is C21H18N4O3. The highest BCUT2D eigenvalue weighted by molar-refractivity contribution is 5.94. The second-order valence-electron chi connectivity index (χ2n) is 6.42. The van der Waals surface area contributed by atoms with Crippen LogP contribution in [0.3, 0.4) is 0 Å². The number of nitrogens with one attached hydrogen (secondary N) is 1. The monoisotopic (exact) mass is 374 g/mol. The number of methoxy groups -OCH3 is 2. The molecule has 140 valence electrons. The Bertz CT molecular complexity index is 1080. The van der Waals surface area contributed by atoms with E-state index in [1.54, 1.807) is 43.3 Å². The Kier molecular flexibility index (Phi) is 4.45. The van der Waals surface area contributed by atoms with Gasteiger partial charge in [0.15, 0.2) is 0 Å². The molecule has 2 heterocycles. The van der Waals surface area contributed by atoms with Crippen LogP contribution in [0, 0.1) is 11.3 Å². The number of carbonyl (C=O) groups is 1. The molecule has 2 aromatic carbocycles. The highest BCUT2D eigenvalue weighted by Crippen LogP contribution is 2.39. The Morgan fingerprint density at radius 3 is 2.64 bits per heavy atom. The fourth-order valence-corrected chi connectivity index (χ4v) is 3.44. The van der Waals surface area contributed by atoms with E-state index in [0.717, 1.165) is 16.9 Å². The van der Waals surface area contributed by atoms with Crippen LogP contribution in [0.4, 0.5) is 5.82 Å². The maximum atomic E-state index is 12.4. The number of hydrogen-bond acceptors (Lipinski definition) is 5. The van der Waals surface area contributed by atoms with Gasteiger partial charge in [-0.15, -0.1) is 0 Å². The number of benzene rings is 2. The predicted molar refractivity (Wildman–Crippen MR) is 103 cm³/mol. The molecule has 0 bridgehead atoms. The van der Waals surface area contributed by atoms with Crippen molar-refractivity contribution in [2.45, 2.75) is 12.3 Å². The van der Waals surface area contributed by atoms with Gasteiger partial charge in [-0.3, -0.25) is 9.36 Å². The number of nitrogens with zero attached hydrogens (tertiary/aromatic N) is 3. The molecule has 1 amide bonds. The molecule has 4 rings (SSSR count). The molecule has 3 aromatic rings. The normalized spacial score (nSPS) is 15.3. The summed E-state index contributed by atoms with van der Waals surface area (Å²) in [6.07, 6.45) is 1.98. The summed E-state index contributed by atoms with van der Waals surface area (Å²) in [5.74, 6) is 1.63. The van der Waals surface area contributed by atoms with Crippen LogP contribution < -0.4 is 14.8 Å². The first-order valence-electron chi connectivity index (χ1n) is 8.74. The molecular weight excluding hydrogens is 356 g/mol. The molecule has 1 aromatic heterocycles. The maximum Gasteiger partial charge on any atom is 0.226 e. The topological polar surface area (TPSA) is 89.2 Å². The van der Waals surface area contributed by atoms with Crippen LogP contribution in [-0.2, 0) is 4.79 Å². The third-order valence-electron chi connectivity index (χ3n) is 4.86. The fraction of sp³-hybridized carbons (Fsp3) is 0.190. The molecule has 0 spiro atoms. The second kappa shape index (κ2) is 7.08. The van der Waals surface area contributed by atoms with E-state index in [1.807, 2.05) is 24.3 Å². The van der Waals surface area contributed by atoms with Crippen molar-refractivity contribution in [1.29, 1.82) is 5.26 Å². The molecule has 0 saturated carbocycles. The van der Waals surface area contributed by atoms with Crippen molar-refractivity contribution in [3.05, 3.63) is 65.6 Å². The summed E-state index contributed by atoms with van der Waals surface area (Å²) in [4.78, 5) is 17.0. The number of rotatable bonds is 4. The first-order valence-corrected chi connectivity index (χ1v) is 8.74. The molecule has 7 heteroatoms. The molecule has 28 heavy (non-hydrogen) atoms. The maximum absolute atomic E-state index is 12.4. The number of aromatic nitrogens is 2. The van der Waals surface area contributed by atoms with Gasteiger partial charge in [0, 0.05) is 18.4 Å². The van der Waals surface area contributed by atoms with E-state index >= 15 is 0 Å². The summed E-state index contributed by atoms with van der Waals surface area (Å²) >= 11 is 0. The van der Waals surface area contributed by atoms with E-state index in [-0.39, 0.29) is 11.8 Å². The van der Waals surface area contributed by atoms with Crippen LogP contribution >= 0.6 is 0 Å². The van der Waals surface area contributed by atoms with Crippen LogP contribution in [0.25, 0.3) is 5.69 Å². The number of anilines is 1. The van der Waals surface area contributed by atoms with Gasteiger partial charge in [-0.25, -0.2) is 4.98 Å². The summed E-state index contributed by atoms with van der Waals surface area (Å²) in [6, 6.07) is 14.8. The highest BCUT2D eigenvalue weighted by atomic mass is 16.5. The molecule has 0 radical (unpaired) electrons. The standard InChI is InChI=1S/C21H18N4O3/c1-27-15-7-8-17(18(9-15)28-2)25-12-23-20-16(10-19(26)24-21(20)25)14-5-3-13(11-22)4-6-14/h3-9,12,16H,10H2,1-2H3,(H,24,26)/t16-/m0/s1. The van der Waals surface area contributed by atoms with Crippen molar-refractivity contribution in [3.63, 3.8) is 0 Å². The molecule has 0 aliphatic carbocycles. The Morgan fingerprint density at radius 1 is 1.18 bits per heavy atom. The molecule has 0 saturated heterocycles. The van der Waals surface area contributed by atoms with E-state index in [0.29, 0.717) is 29.3 Å². The van der Waals surface area contributed by atoms with Gasteiger partial charge in [-0.2, -0.15) is 5.26 Å². The molecule has 1 atom stereocenters. The third-order valence-corrected chi connectivity index (χ3v) is 4.86. The lowest BCUT2D eigenvalue weighted by Crippen LogP contribution is -2.25. The van der Waals surface area contributed by atoms with Crippen molar-refractivity contribution in [1.82, 2.24) is 9.55 Å². The van der Waals surface area contributed by atoms with Gasteiger partial charge >= 0.3 is 0 Å². The Hall–Kier alpha value is -3.79. The number of imidazole rings is 1. The average molecular weight is 374 g/mol. The Morgan fingerprint density at radius 2 is 1.96 bits per heavy atom. The van der Waals surface area contributed by atoms with Crippen molar-refractivity contribution < 1.29 is 14.3 Å². The zero-order valence-corrected chi connectivity index (χ0v) is 15.5. The average Bonchev–Trinajstić information content (AvgIpc) is 3.16. The van der Waals surface area contributed by atoms with Gasteiger partial charge < -0.3 is 14.8 Å². The van der Waals surface area contributed by atoms with E-state index in [1.165, 1.54) is 0 Å². The van der Waals surface area contributed by atoms with Gasteiger partial charge in [0.2, 0.25) is 5.91 Å². The van der Waals surface area contributed by atoms with Gasteiger partial charge in [0.05, 0.1) is 37.2 Å². The van der Waals surface area contributed by atoms with Gasteiger partial charge in [-0.1, -0.05) is 12.1 Å². The number of ether oxygens (including phenoxy) is 2. The minimum Gasteiger partial charge on any atom is -0.497 e. The SMILES string of the molecule is COc1ccc(-n2cnc3c2NC(=O)C[C@H]3c2ccc(C#N)cc2)c(OC)c1. The third kappa shape index (κ3) is 2.95. The second-order valence-corrected chi connectivity index (χ2v) is 6.42. The largest absolute Gasteiger partial charge is 0.497 e. The lowest BCUT2D eigenvalue weighted by molar-refractivity contribution is -0.116. The molecule has 0 fully saturated rings. The van der Waals surface area contributed by atoms with Crippen LogP contribution in [0.5, 0.6) is 11.5 Å². The number of carbonyl (C=O) groups excluding carboxylic acids is 1. The van der Waals surface area contributed by atoms with E-state index < -0.39 is 0 Å². The number of nitriles is 1. The fourth-order valence-electron chi connectivity index (χ4n) is 3.44. The van der Waals surface area contributed by atoms with Crippen LogP contribution in [-0.4, -0.2) is 29.7 Å². The summed E-state index contributed by atoms with van der Waals surface area (Å²) in [5.41, 5.74) is 3.06. The van der Waals surface area contributed by atoms with Gasteiger partial charge in [-0.05, 0) is 29.8 Å². The lowest BCUT2D eigenvalue weighted by atomic mass is 9.89. The smallest absolute Gasteiger partial charge is 0.226 e. The molecule has 1 N–H and O–H groups in total. The van der Waals surface area contributed by atoms with Crippen molar-refractivity contribution in [2.75, 3.05) is 19.5 Å². The van der Waals surface area contributed by atoms with Gasteiger partial charge in [0.25, 0.3) is 0 Å². The molecule has 0 unspecified atom stereocenters. The van der Waals surface area contributed by atoms with E-state index in [9.17, 15) is 4.79 Å². The molecule has 1 aliphatic rings. The highest BCUT2D eigenvalue weighted by Gasteiger charge is 2.31. The van der Waals surface area contributed by atoms with Crippen molar-refractivity contribution in [2.24, 2.45) is 0 Å². The number of amides is 1. The molecule has 1 aliphatic heterocycles. The predicted octanol–water partition coefficient (Wildman–Crippen LogP) is 3.24. The summed E-state index contributed by atoms with van der Waals surface area (Å²) in [5, 5.41) is 11.9. The Labute approximate surface area is 162 Å². The van der Waals surface area contributed by atoms with Crippen molar-refractivity contribution in [3.8, 4) is 23.3 Å². The zero-order chi connectivity index (χ0) is 19.7. The van der Waals surface area contributed by atoms with Crippen LogP contribution in [0.2, 0.25) is 0 Å². The first-order chi connectivity index (χ1) is 13.6. The quantitative estimate of drug-likeness (QED) is 0.757. The van der Waals surface area contributed by atoms with Crippen LogP contribution in [0.1, 0.15) is 29.2 Å². The molecule has 7 nitrogen and oxygen atoms in total. The summed E-state index contributed by atoms with van der Waals surface area (Å²) in [7, 11) is 3.18. The van der Waals surface area contributed by atoms with E-state index in [4.69, 9.17) is 14.7 Å². The van der Waals surface area contributed by atoms with Crippen LogP contribution in [0.15, 0.2) is 48.8 Å². The first kappa shape index (κ1) is 17.6. The summed E-state index contributed by atoms with van der Waals surface area (Å²) < 4.78 is 12.6. The summed E-state index contributed by atoms with van der Waals surface area (Å²) in [6.45, 7) is 0. The number of hydrogen-bond donors (Lipinski definition) is 1. The lowest BCUT2D eigenvalue weighted by Gasteiger charge is -2.24. The minimum atomic E-state index is -0.179. The zero-order valence-electron chi connectivity index (χ0n) is 15.5. The number of fused-ring (bicyclic) bond motifs is 1.